The third kappa shape index (κ3) is 5.48. The van der Waals surface area contributed by atoms with E-state index in [1.807, 2.05) is 0 Å². The number of hydrogen-bond donors (Lipinski definition) is 0. The van der Waals surface area contributed by atoms with Crippen LogP contribution in [0.2, 0.25) is 0 Å². The highest BCUT2D eigenvalue weighted by Gasteiger charge is 2.26. The molecule has 0 atom stereocenters. The van der Waals surface area contributed by atoms with Crippen LogP contribution in [-0.2, 0) is 12.8 Å². The molecule has 9 aromatic carbocycles. The molecule has 0 amide bonds. The summed E-state index contributed by atoms with van der Waals surface area (Å²) in [5.74, 6) is 0. The summed E-state index contributed by atoms with van der Waals surface area (Å²) in [6, 6.07) is 63.3. The van der Waals surface area contributed by atoms with Gasteiger partial charge in [0.05, 0.1) is 11.4 Å². The average molecular weight is 717 g/mol. The molecule has 0 saturated heterocycles. The molecule has 0 unspecified atom stereocenters. The van der Waals surface area contributed by atoms with Crippen LogP contribution in [0.5, 0.6) is 0 Å². The van der Waals surface area contributed by atoms with Crippen molar-refractivity contribution < 1.29 is 0 Å². The highest BCUT2D eigenvalue weighted by atomic mass is 15.2. The molecule has 0 N–H and O–H groups in total. The van der Waals surface area contributed by atoms with Gasteiger partial charge in [-0.15, -0.1) is 0 Å². The molecule has 0 saturated carbocycles. The summed E-state index contributed by atoms with van der Waals surface area (Å²) in [6.07, 6.45) is 13.5. The molecule has 266 valence electrons. The van der Waals surface area contributed by atoms with Gasteiger partial charge >= 0.3 is 0 Å². The van der Waals surface area contributed by atoms with Crippen LogP contribution in [0.15, 0.2) is 182 Å². The lowest BCUT2D eigenvalue weighted by molar-refractivity contribution is 0.985. The Bertz CT molecular complexity index is 2790. The van der Waals surface area contributed by atoms with E-state index in [0.717, 1.165) is 48.4 Å². The van der Waals surface area contributed by atoms with Crippen LogP contribution >= 0.6 is 0 Å². The highest BCUT2D eigenvalue weighted by molar-refractivity contribution is 6.23. The molecule has 2 aliphatic carbocycles. The van der Waals surface area contributed by atoms with Gasteiger partial charge in [0.25, 0.3) is 0 Å². The van der Waals surface area contributed by atoms with Crippen LogP contribution in [-0.4, -0.2) is 0 Å². The number of aryl methyl sites for hydroxylation is 2. The van der Waals surface area contributed by atoms with E-state index in [0.29, 0.717) is 0 Å². The quantitative estimate of drug-likeness (QED) is 0.125. The van der Waals surface area contributed by atoms with Gasteiger partial charge in [0.2, 0.25) is 0 Å². The number of fused-ring (bicyclic) bond motifs is 6. The third-order valence-electron chi connectivity index (χ3n) is 11.8. The fourth-order valence-electron chi connectivity index (χ4n) is 9.12. The molecule has 2 heteroatoms. The molecule has 0 aromatic heterocycles. The second-order valence-electron chi connectivity index (χ2n) is 15.2. The zero-order chi connectivity index (χ0) is 37.0. The lowest BCUT2D eigenvalue weighted by Gasteiger charge is -2.33. The molecule has 11 rings (SSSR count). The zero-order valence-electron chi connectivity index (χ0n) is 31.2. The predicted molar refractivity (Wildman–Crippen MR) is 241 cm³/mol. The monoisotopic (exact) mass is 716 g/mol. The highest BCUT2D eigenvalue weighted by Crippen LogP contribution is 2.52. The lowest BCUT2D eigenvalue weighted by Crippen LogP contribution is -2.15. The molecule has 0 fully saturated rings. The van der Waals surface area contributed by atoms with Gasteiger partial charge in [0, 0.05) is 44.3 Å². The van der Waals surface area contributed by atoms with Gasteiger partial charge in [-0.05, 0) is 118 Å². The second-order valence-corrected chi connectivity index (χ2v) is 15.2. The smallest absolute Gasteiger partial charge is 0.0619 e. The molecule has 56 heavy (non-hydrogen) atoms. The van der Waals surface area contributed by atoms with Gasteiger partial charge in [-0.2, -0.15) is 0 Å². The van der Waals surface area contributed by atoms with Crippen LogP contribution in [0.1, 0.15) is 35.1 Å². The molecular weight excluding hydrogens is 677 g/mol. The Morgan fingerprint density at radius 3 is 1.11 bits per heavy atom. The van der Waals surface area contributed by atoms with E-state index in [-0.39, 0.29) is 0 Å². The van der Waals surface area contributed by atoms with Crippen molar-refractivity contribution in [3.8, 4) is 0 Å². The first-order valence-electron chi connectivity index (χ1n) is 19.9. The fourth-order valence-corrected chi connectivity index (χ4v) is 9.12. The second kappa shape index (κ2) is 13.4. The molecule has 0 radical (unpaired) electrons. The summed E-state index contributed by atoms with van der Waals surface area (Å²) in [4.78, 5) is 5.02. The van der Waals surface area contributed by atoms with Crippen molar-refractivity contribution in [1.29, 1.82) is 0 Å². The average Bonchev–Trinajstić information content (AvgIpc) is 3.27. The van der Waals surface area contributed by atoms with Crippen LogP contribution < -0.4 is 9.80 Å². The van der Waals surface area contributed by atoms with Crippen molar-refractivity contribution in [3.05, 3.63) is 204 Å². The van der Waals surface area contributed by atoms with Gasteiger partial charge in [0.15, 0.2) is 0 Å². The first-order valence-corrected chi connectivity index (χ1v) is 19.9. The van der Waals surface area contributed by atoms with E-state index in [1.165, 1.54) is 76.7 Å². The van der Waals surface area contributed by atoms with E-state index in [9.17, 15) is 0 Å². The summed E-state index contributed by atoms with van der Waals surface area (Å²) in [5, 5.41) is 9.72. The number of rotatable bonds is 6. The maximum Gasteiger partial charge on any atom is 0.0619 e. The Balaban J connectivity index is 1.23. The number of hydrogen-bond acceptors (Lipinski definition) is 2. The third-order valence-corrected chi connectivity index (χ3v) is 11.8. The van der Waals surface area contributed by atoms with Crippen molar-refractivity contribution in [3.63, 3.8) is 0 Å². The van der Waals surface area contributed by atoms with Gasteiger partial charge in [-0.3, -0.25) is 0 Å². The minimum absolute atomic E-state index is 1.08. The maximum atomic E-state index is 2.51. The Morgan fingerprint density at radius 2 is 0.679 bits per heavy atom. The van der Waals surface area contributed by atoms with E-state index in [1.54, 1.807) is 0 Å². The molecule has 2 nitrogen and oxygen atoms in total. The topological polar surface area (TPSA) is 6.48 Å². The van der Waals surface area contributed by atoms with Crippen LogP contribution in [0.25, 0.3) is 55.2 Å². The Kier molecular flexibility index (Phi) is 7.81. The number of allylic oxidation sites excluding steroid dienone is 2. The SMILES string of the molecule is C1=Cc2cc(N(c3ccc4ccccc4c3)c3c4ccccc4c(N(c4ccc5c(c4)C=CCC5)c4ccc5ccccc5c4)c4ccccc34)ccc2CC1. The van der Waals surface area contributed by atoms with Gasteiger partial charge in [0.1, 0.15) is 0 Å². The van der Waals surface area contributed by atoms with E-state index < -0.39 is 0 Å². The number of anilines is 6. The maximum absolute atomic E-state index is 2.51. The standard InChI is InChI=1S/C54H40N2/c1-5-17-41-33-45(29-25-37(41)13-1)55(46-30-26-38-14-2-6-18-42(38)34-46)53-49-21-9-11-23-51(49)54(52-24-12-10-22-50(52)53)56(47-31-27-39-15-3-7-19-43(39)35-47)48-32-28-40-16-4-8-20-44(40)36-48/h1,3,5-13,15,17-36H,2,4,14,16H2. The largest absolute Gasteiger partial charge is 0.309 e. The molecule has 9 aromatic rings. The van der Waals surface area contributed by atoms with Crippen molar-refractivity contribution in [2.75, 3.05) is 9.80 Å². The molecule has 2 aliphatic rings. The molecule has 0 bridgehead atoms. The van der Waals surface area contributed by atoms with Crippen molar-refractivity contribution in [2.24, 2.45) is 0 Å². The summed E-state index contributed by atoms with van der Waals surface area (Å²) in [5.41, 5.74) is 12.4. The normalized spacial score (nSPS) is 13.3. The Morgan fingerprint density at radius 1 is 0.321 bits per heavy atom. The van der Waals surface area contributed by atoms with Crippen LogP contribution in [0.4, 0.5) is 34.1 Å². The first-order chi connectivity index (χ1) is 27.8. The van der Waals surface area contributed by atoms with Crippen LogP contribution in [0, 0.1) is 0 Å². The molecular formula is C54H40N2. The van der Waals surface area contributed by atoms with E-state index in [2.05, 4.69) is 204 Å². The summed E-state index contributed by atoms with van der Waals surface area (Å²) in [6.45, 7) is 0. The first kappa shape index (κ1) is 32.5. The number of benzene rings is 9. The van der Waals surface area contributed by atoms with Crippen molar-refractivity contribution in [2.45, 2.75) is 25.7 Å². The fraction of sp³-hybridized carbons (Fsp3) is 0.0741. The number of nitrogens with zero attached hydrogens (tertiary/aromatic N) is 2. The van der Waals surface area contributed by atoms with E-state index >= 15 is 0 Å². The lowest BCUT2D eigenvalue weighted by atomic mass is 9.93. The zero-order valence-corrected chi connectivity index (χ0v) is 31.2. The van der Waals surface area contributed by atoms with Gasteiger partial charge in [-0.1, -0.05) is 146 Å². The van der Waals surface area contributed by atoms with Gasteiger partial charge < -0.3 is 9.80 Å². The van der Waals surface area contributed by atoms with E-state index in [4.69, 9.17) is 0 Å². The van der Waals surface area contributed by atoms with Gasteiger partial charge in [-0.25, -0.2) is 0 Å². The minimum atomic E-state index is 1.08. The summed E-state index contributed by atoms with van der Waals surface area (Å²) < 4.78 is 0. The summed E-state index contributed by atoms with van der Waals surface area (Å²) in [7, 11) is 0. The Hall–Kier alpha value is -6.90. The molecule has 0 aliphatic heterocycles. The predicted octanol–water partition coefficient (Wildman–Crippen LogP) is 15.2. The van der Waals surface area contributed by atoms with Crippen molar-refractivity contribution >= 4 is 89.4 Å². The minimum Gasteiger partial charge on any atom is -0.309 e. The summed E-state index contributed by atoms with van der Waals surface area (Å²) >= 11 is 0. The molecule has 0 spiro atoms. The van der Waals surface area contributed by atoms with Crippen molar-refractivity contribution in [1.82, 2.24) is 0 Å². The molecule has 0 heterocycles. The Labute approximate surface area is 327 Å². The van der Waals surface area contributed by atoms with Crippen LogP contribution in [0.3, 0.4) is 0 Å².